The maximum Gasteiger partial charge on any atom is 0.349 e. The number of hydrogen-bond donors (Lipinski definition) is 0. The van der Waals surface area contributed by atoms with Crippen LogP contribution in [0.2, 0.25) is 0 Å². The van der Waals surface area contributed by atoms with Crippen molar-refractivity contribution in [2.24, 2.45) is 0 Å². The number of ether oxygens (including phenoxy) is 1. The highest BCUT2D eigenvalue weighted by Crippen LogP contribution is 2.26. The molecule has 3 aromatic rings. The number of rotatable bonds is 4. The SMILES string of the molecule is CCc1ccc(-c2cc(F)c(C(=O)Oc3ccc(F)cc3)c(F)c2)cc1. The fourth-order valence-electron chi connectivity index (χ4n) is 2.53. The quantitative estimate of drug-likeness (QED) is 0.452. The molecule has 0 aliphatic carbocycles. The van der Waals surface area contributed by atoms with Crippen molar-refractivity contribution in [3.05, 3.63) is 89.2 Å². The van der Waals surface area contributed by atoms with Crippen LogP contribution in [0.15, 0.2) is 60.7 Å². The minimum atomic E-state index is -1.18. The average Bonchev–Trinajstić information content (AvgIpc) is 2.63. The molecule has 0 fully saturated rings. The van der Waals surface area contributed by atoms with Crippen LogP contribution in [0.3, 0.4) is 0 Å². The lowest BCUT2D eigenvalue weighted by molar-refractivity contribution is 0.0724. The zero-order chi connectivity index (χ0) is 18.7. The summed E-state index contributed by atoms with van der Waals surface area (Å²) in [7, 11) is 0. The van der Waals surface area contributed by atoms with E-state index in [4.69, 9.17) is 4.74 Å². The van der Waals surface area contributed by atoms with E-state index in [1.165, 1.54) is 12.1 Å². The first-order valence-electron chi connectivity index (χ1n) is 8.04. The lowest BCUT2D eigenvalue weighted by Gasteiger charge is -2.09. The zero-order valence-corrected chi connectivity index (χ0v) is 13.9. The minimum Gasteiger partial charge on any atom is -0.423 e. The Balaban J connectivity index is 1.88. The Morgan fingerprint density at radius 2 is 1.42 bits per heavy atom. The summed E-state index contributed by atoms with van der Waals surface area (Å²) in [4.78, 5) is 12.1. The molecule has 0 heterocycles. The molecule has 0 radical (unpaired) electrons. The van der Waals surface area contributed by atoms with Gasteiger partial charge in [-0.05, 0) is 59.5 Å². The average molecular weight is 356 g/mol. The van der Waals surface area contributed by atoms with Crippen molar-refractivity contribution in [3.8, 4) is 16.9 Å². The van der Waals surface area contributed by atoms with Gasteiger partial charge in [0.2, 0.25) is 0 Å². The number of carbonyl (C=O) groups is 1. The molecule has 0 spiro atoms. The van der Waals surface area contributed by atoms with Crippen molar-refractivity contribution >= 4 is 5.97 Å². The fourth-order valence-corrected chi connectivity index (χ4v) is 2.53. The first-order chi connectivity index (χ1) is 12.5. The van der Waals surface area contributed by atoms with Crippen LogP contribution in [0.4, 0.5) is 13.2 Å². The predicted molar refractivity (Wildman–Crippen MR) is 92.5 cm³/mol. The molecular formula is C21H15F3O2. The van der Waals surface area contributed by atoms with Crippen molar-refractivity contribution in [2.45, 2.75) is 13.3 Å². The molecule has 0 aliphatic rings. The van der Waals surface area contributed by atoms with E-state index in [0.29, 0.717) is 11.1 Å². The van der Waals surface area contributed by atoms with Crippen LogP contribution in [0.25, 0.3) is 11.1 Å². The second kappa shape index (κ2) is 7.44. The molecule has 0 N–H and O–H groups in total. The molecule has 5 heteroatoms. The van der Waals surface area contributed by atoms with E-state index in [9.17, 15) is 18.0 Å². The summed E-state index contributed by atoms with van der Waals surface area (Å²) in [5.74, 6) is -3.74. The van der Waals surface area contributed by atoms with Crippen molar-refractivity contribution in [1.29, 1.82) is 0 Å². The van der Waals surface area contributed by atoms with Crippen LogP contribution in [-0.4, -0.2) is 5.97 Å². The fraction of sp³-hybridized carbons (Fsp3) is 0.0952. The summed E-state index contributed by atoms with van der Waals surface area (Å²) in [6, 6.07) is 14.0. The van der Waals surface area contributed by atoms with Gasteiger partial charge in [0.15, 0.2) is 0 Å². The Kier molecular flexibility index (Phi) is 5.07. The summed E-state index contributed by atoms with van der Waals surface area (Å²) in [6.45, 7) is 2.01. The van der Waals surface area contributed by atoms with Gasteiger partial charge in [-0.3, -0.25) is 0 Å². The molecule has 0 amide bonds. The molecule has 0 aliphatic heterocycles. The first kappa shape index (κ1) is 17.7. The van der Waals surface area contributed by atoms with Crippen molar-refractivity contribution in [1.82, 2.24) is 0 Å². The standard InChI is InChI=1S/C21H15F3O2/c1-2-13-3-5-14(6-4-13)15-11-18(23)20(19(24)12-15)21(25)26-17-9-7-16(22)8-10-17/h3-12H,2H2,1H3. The van der Waals surface area contributed by atoms with E-state index in [1.807, 2.05) is 19.1 Å². The van der Waals surface area contributed by atoms with Gasteiger partial charge in [0, 0.05) is 0 Å². The third-order valence-electron chi connectivity index (χ3n) is 3.97. The highest BCUT2D eigenvalue weighted by atomic mass is 19.1. The molecule has 132 valence electrons. The largest absolute Gasteiger partial charge is 0.423 e. The van der Waals surface area contributed by atoms with Gasteiger partial charge in [-0.25, -0.2) is 18.0 Å². The normalized spacial score (nSPS) is 10.6. The van der Waals surface area contributed by atoms with Gasteiger partial charge in [-0.2, -0.15) is 0 Å². The number of benzene rings is 3. The zero-order valence-electron chi connectivity index (χ0n) is 13.9. The second-order valence-electron chi connectivity index (χ2n) is 5.71. The summed E-state index contributed by atoms with van der Waals surface area (Å²) < 4.78 is 46.5. The van der Waals surface area contributed by atoms with Gasteiger partial charge >= 0.3 is 5.97 Å². The number of esters is 1. The van der Waals surface area contributed by atoms with E-state index in [0.717, 1.165) is 36.2 Å². The minimum absolute atomic E-state index is 0.00516. The van der Waals surface area contributed by atoms with E-state index >= 15 is 0 Å². The molecule has 0 aromatic heterocycles. The second-order valence-corrected chi connectivity index (χ2v) is 5.71. The van der Waals surface area contributed by atoms with Crippen LogP contribution in [0, 0.1) is 17.5 Å². The molecule has 0 unspecified atom stereocenters. The summed E-state index contributed by atoms with van der Waals surface area (Å²) in [5.41, 5.74) is 1.27. The topological polar surface area (TPSA) is 26.3 Å². The van der Waals surface area contributed by atoms with Gasteiger partial charge in [0.25, 0.3) is 0 Å². The lowest BCUT2D eigenvalue weighted by Crippen LogP contribution is -2.13. The summed E-state index contributed by atoms with van der Waals surface area (Å²) in [6.07, 6.45) is 0.858. The van der Waals surface area contributed by atoms with Crippen LogP contribution in [0.5, 0.6) is 5.75 Å². The van der Waals surface area contributed by atoms with Gasteiger partial charge < -0.3 is 4.74 Å². The number of hydrogen-bond acceptors (Lipinski definition) is 2. The third kappa shape index (κ3) is 3.77. The van der Waals surface area contributed by atoms with Crippen molar-refractivity contribution < 1.29 is 22.7 Å². The summed E-state index contributed by atoms with van der Waals surface area (Å²) in [5, 5.41) is 0. The molecule has 3 rings (SSSR count). The van der Waals surface area contributed by atoms with Gasteiger partial charge in [-0.1, -0.05) is 31.2 Å². The highest BCUT2D eigenvalue weighted by molar-refractivity contribution is 5.92. The van der Waals surface area contributed by atoms with Crippen molar-refractivity contribution in [3.63, 3.8) is 0 Å². The Labute approximate surface area is 148 Å². The number of carbonyl (C=O) groups excluding carboxylic acids is 1. The van der Waals surface area contributed by atoms with Crippen molar-refractivity contribution in [2.75, 3.05) is 0 Å². The van der Waals surface area contributed by atoms with E-state index in [-0.39, 0.29) is 5.75 Å². The van der Waals surface area contributed by atoms with Gasteiger partial charge in [-0.15, -0.1) is 0 Å². The predicted octanol–water partition coefficient (Wildman–Crippen LogP) is 5.55. The highest BCUT2D eigenvalue weighted by Gasteiger charge is 2.21. The lowest BCUT2D eigenvalue weighted by atomic mass is 10.0. The molecule has 0 saturated heterocycles. The molecule has 0 saturated carbocycles. The Morgan fingerprint density at radius 3 is 1.96 bits per heavy atom. The van der Waals surface area contributed by atoms with E-state index in [1.54, 1.807) is 12.1 Å². The molecule has 26 heavy (non-hydrogen) atoms. The van der Waals surface area contributed by atoms with Crippen LogP contribution in [0.1, 0.15) is 22.8 Å². The van der Waals surface area contributed by atoms with Gasteiger partial charge in [0.1, 0.15) is 28.8 Å². The van der Waals surface area contributed by atoms with E-state index < -0.39 is 29.0 Å². The third-order valence-corrected chi connectivity index (χ3v) is 3.97. The van der Waals surface area contributed by atoms with E-state index in [2.05, 4.69) is 0 Å². The molecule has 0 bridgehead atoms. The summed E-state index contributed by atoms with van der Waals surface area (Å²) >= 11 is 0. The Hall–Kier alpha value is -3.08. The molecule has 0 atom stereocenters. The number of halogens is 3. The molecule has 2 nitrogen and oxygen atoms in total. The number of aryl methyl sites for hydroxylation is 1. The van der Waals surface area contributed by atoms with Crippen LogP contribution in [-0.2, 0) is 6.42 Å². The molecular weight excluding hydrogens is 341 g/mol. The smallest absolute Gasteiger partial charge is 0.349 e. The van der Waals surface area contributed by atoms with Gasteiger partial charge in [0.05, 0.1) is 0 Å². The molecule has 3 aromatic carbocycles. The Morgan fingerprint density at radius 1 is 0.846 bits per heavy atom. The monoisotopic (exact) mass is 356 g/mol. The maximum atomic E-state index is 14.4. The first-order valence-corrected chi connectivity index (χ1v) is 8.04. The maximum absolute atomic E-state index is 14.4. The Bertz CT molecular complexity index is 909. The van der Waals surface area contributed by atoms with Crippen LogP contribution < -0.4 is 4.74 Å². The van der Waals surface area contributed by atoms with Crippen LogP contribution >= 0.6 is 0 Å².